The van der Waals surface area contributed by atoms with E-state index in [2.05, 4.69) is 0 Å². The van der Waals surface area contributed by atoms with Crippen LogP contribution in [0.4, 0.5) is 13.2 Å². The van der Waals surface area contributed by atoms with Gasteiger partial charge in [-0.2, -0.15) is 13.2 Å². The van der Waals surface area contributed by atoms with E-state index in [1.807, 2.05) is 37.3 Å². The molecule has 1 nitrogen and oxygen atoms in total. The summed E-state index contributed by atoms with van der Waals surface area (Å²) >= 11 is 1.27. The van der Waals surface area contributed by atoms with E-state index in [0.29, 0.717) is 11.3 Å². The van der Waals surface area contributed by atoms with Crippen LogP contribution in [0, 0.1) is 5.92 Å². The summed E-state index contributed by atoms with van der Waals surface area (Å²) in [6.07, 6.45) is -4.56. The molecule has 0 fully saturated rings. The number of allylic oxidation sites excluding steroid dienone is 1. The minimum atomic E-state index is -4.59. The van der Waals surface area contributed by atoms with Gasteiger partial charge in [-0.15, -0.1) is 0 Å². The number of rotatable bonds is 5. The lowest BCUT2D eigenvalue weighted by Gasteiger charge is -2.23. The van der Waals surface area contributed by atoms with E-state index in [4.69, 9.17) is 0 Å². The van der Waals surface area contributed by atoms with Gasteiger partial charge in [0, 0.05) is 10.8 Å². The monoisotopic (exact) mass is 290 g/mol. The highest BCUT2D eigenvalue weighted by molar-refractivity contribution is 8.03. The highest BCUT2D eigenvalue weighted by Crippen LogP contribution is 2.37. The maximum Gasteiger partial charge on any atom is 0.414 e. The lowest BCUT2D eigenvalue weighted by molar-refractivity contribution is -0.213. The third-order valence-electron chi connectivity index (χ3n) is 2.64. The minimum Gasteiger partial charge on any atom is -0.383 e. The molecule has 0 heterocycles. The van der Waals surface area contributed by atoms with E-state index in [1.54, 1.807) is 6.08 Å². The van der Waals surface area contributed by atoms with E-state index in [-0.39, 0.29) is 0 Å². The van der Waals surface area contributed by atoms with Crippen molar-refractivity contribution in [1.29, 1.82) is 0 Å². The Bertz CT molecular complexity index is 414. The van der Waals surface area contributed by atoms with Crippen molar-refractivity contribution in [3.63, 3.8) is 0 Å². The molecule has 0 unspecified atom stereocenters. The van der Waals surface area contributed by atoms with Crippen LogP contribution in [0.1, 0.15) is 20.3 Å². The summed E-state index contributed by atoms with van der Waals surface area (Å²) in [5.74, 6) is -0.967. The molecule has 0 radical (unpaired) electrons. The molecule has 2 atom stereocenters. The van der Waals surface area contributed by atoms with E-state index in [9.17, 15) is 18.3 Å². The van der Waals surface area contributed by atoms with Gasteiger partial charge >= 0.3 is 6.18 Å². The maximum absolute atomic E-state index is 12.6. The van der Waals surface area contributed by atoms with Crippen LogP contribution in [0.5, 0.6) is 0 Å². The van der Waals surface area contributed by atoms with Gasteiger partial charge in [0.1, 0.15) is 0 Å². The largest absolute Gasteiger partial charge is 0.414 e. The van der Waals surface area contributed by atoms with Gasteiger partial charge in [-0.1, -0.05) is 49.9 Å². The average Bonchev–Trinajstić information content (AvgIpc) is 2.36. The topological polar surface area (TPSA) is 20.2 Å². The second-order valence-corrected chi connectivity index (χ2v) is 5.35. The lowest BCUT2D eigenvalue weighted by Crippen LogP contribution is -2.35. The normalized spacial score (nSPS) is 16.2. The van der Waals surface area contributed by atoms with Gasteiger partial charge in [0.2, 0.25) is 0 Å². The first kappa shape index (κ1) is 16.1. The molecule has 0 amide bonds. The molecule has 0 aromatic heterocycles. The maximum atomic E-state index is 12.6. The van der Waals surface area contributed by atoms with Crippen molar-refractivity contribution in [2.75, 3.05) is 0 Å². The summed E-state index contributed by atoms with van der Waals surface area (Å²) in [6, 6.07) is 9.18. The summed E-state index contributed by atoms with van der Waals surface area (Å²) in [5.41, 5.74) is 0. The molecule has 1 N–H and O–H groups in total. The zero-order valence-electron chi connectivity index (χ0n) is 10.8. The molecule has 0 aliphatic carbocycles. The molecular weight excluding hydrogens is 273 g/mol. The summed E-state index contributed by atoms with van der Waals surface area (Å²) in [4.78, 5) is 1.40. The number of benzene rings is 1. The molecule has 1 aromatic carbocycles. The molecular formula is C14H17F3OS. The van der Waals surface area contributed by atoms with Gasteiger partial charge in [-0.3, -0.25) is 0 Å². The molecule has 19 heavy (non-hydrogen) atoms. The fourth-order valence-electron chi connectivity index (χ4n) is 1.59. The molecule has 0 saturated carbocycles. The summed E-state index contributed by atoms with van der Waals surface area (Å²) in [6.45, 7) is 3.26. The SMILES string of the molecule is CC/C=C(\Sc1ccccc1)[C@@H](C)[C@@H](O)C(F)(F)F. The number of aliphatic hydroxyl groups excluding tert-OH is 1. The van der Waals surface area contributed by atoms with Crippen LogP contribution in [0.2, 0.25) is 0 Å². The van der Waals surface area contributed by atoms with Crippen LogP contribution in [0.15, 0.2) is 46.2 Å². The molecule has 0 spiro atoms. The van der Waals surface area contributed by atoms with Crippen molar-refractivity contribution in [3.8, 4) is 0 Å². The third-order valence-corrected chi connectivity index (χ3v) is 3.92. The van der Waals surface area contributed by atoms with Crippen molar-refractivity contribution in [1.82, 2.24) is 0 Å². The van der Waals surface area contributed by atoms with Crippen molar-refractivity contribution < 1.29 is 18.3 Å². The Hall–Kier alpha value is -0.940. The number of halogens is 3. The zero-order valence-corrected chi connectivity index (χ0v) is 11.6. The van der Waals surface area contributed by atoms with Crippen molar-refractivity contribution in [2.24, 2.45) is 5.92 Å². The number of alkyl halides is 3. The summed E-state index contributed by atoms with van der Waals surface area (Å²) in [5, 5.41) is 9.35. The first-order chi connectivity index (χ1) is 8.86. The van der Waals surface area contributed by atoms with Crippen LogP contribution in [0.25, 0.3) is 0 Å². The van der Waals surface area contributed by atoms with Gasteiger partial charge < -0.3 is 5.11 Å². The number of hydrogen-bond acceptors (Lipinski definition) is 2. The van der Waals surface area contributed by atoms with Crippen molar-refractivity contribution >= 4 is 11.8 Å². The minimum absolute atomic E-state index is 0.540. The number of hydrogen-bond donors (Lipinski definition) is 1. The molecule has 0 bridgehead atoms. The summed E-state index contributed by atoms with van der Waals surface area (Å²) in [7, 11) is 0. The molecule has 1 rings (SSSR count). The average molecular weight is 290 g/mol. The Kier molecular flexibility index (Phi) is 5.94. The fraction of sp³-hybridized carbons (Fsp3) is 0.429. The first-order valence-electron chi connectivity index (χ1n) is 6.04. The number of aliphatic hydroxyl groups is 1. The van der Waals surface area contributed by atoms with Gasteiger partial charge in [0.25, 0.3) is 0 Å². The Morgan fingerprint density at radius 2 is 1.89 bits per heavy atom. The lowest BCUT2D eigenvalue weighted by atomic mass is 10.0. The van der Waals surface area contributed by atoms with E-state index >= 15 is 0 Å². The molecule has 5 heteroatoms. The molecule has 0 aliphatic rings. The van der Waals surface area contributed by atoms with E-state index in [1.165, 1.54) is 18.7 Å². The standard InChI is InChI=1S/C14H17F3OS/c1-3-7-12(10(2)13(18)14(15,16)17)19-11-8-5-4-6-9-11/h4-10,13,18H,3H2,1-2H3/b12-7-/t10-,13-/m1/s1. The second-order valence-electron chi connectivity index (χ2n) is 4.20. The first-order valence-corrected chi connectivity index (χ1v) is 6.85. The van der Waals surface area contributed by atoms with Crippen molar-refractivity contribution in [2.45, 2.75) is 37.4 Å². The molecule has 106 valence electrons. The zero-order chi connectivity index (χ0) is 14.5. The third kappa shape index (κ3) is 4.91. The van der Waals surface area contributed by atoms with Gasteiger partial charge in [0.05, 0.1) is 0 Å². The second kappa shape index (κ2) is 7.01. The van der Waals surface area contributed by atoms with Gasteiger partial charge in [-0.05, 0) is 23.5 Å². The predicted octanol–water partition coefficient (Wildman–Crippen LogP) is 4.63. The Labute approximate surface area is 115 Å². The van der Waals surface area contributed by atoms with Crippen LogP contribution in [0.3, 0.4) is 0 Å². The Morgan fingerprint density at radius 1 is 1.32 bits per heavy atom. The summed E-state index contributed by atoms with van der Waals surface area (Å²) < 4.78 is 37.7. The number of thioether (sulfide) groups is 1. The van der Waals surface area contributed by atoms with Crippen LogP contribution < -0.4 is 0 Å². The molecule has 0 aliphatic heterocycles. The molecule has 1 aromatic rings. The quantitative estimate of drug-likeness (QED) is 0.798. The van der Waals surface area contributed by atoms with Crippen LogP contribution in [-0.4, -0.2) is 17.4 Å². The predicted molar refractivity (Wildman–Crippen MR) is 71.9 cm³/mol. The van der Waals surface area contributed by atoms with Gasteiger partial charge in [0.15, 0.2) is 6.10 Å². The Balaban J connectivity index is 2.87. The van der Waals surface area contributed by atoms with Crippen LogP contribution >= 0.6 is 11.8 Å². The smallest absolute Gasteiger partial charge is 0.383 e. The fourth-order valence-corrected chi connectivity index (χ4v) is 2.72. The highest BCUT2D eigenvalue weighted by Gasteiger charge is 2.42. The Morgan fingerprint density at radius 3 is 2.37 bits per heavy atom. The molecule has 0 saturated heterocycles. The van der Waals surface area contributed by atoms with Gasteiger partial charge in [-0.25, -0.2) is 0 Å². The highest BCUT2D eigenvalue weighted by atomic mass is 32.2. The van der Waals surface area contributed by atoms with E-state index in [0.717, 1.165) is 4.90 Å². The van der Waals surface area contributed by atoms with Crippen molar-refractivity contribution in [3.05, 3.63) is 41.3 Å². The van der Waals surface area contributed by atoms with E-state index < -0.39 is 18.2 Å². The van der Waals surface area contributed by atoms with Crippen LogP contribution in [-0.2, 0) is 0 Å².